The molecule has 0 aliphatic rings. The average molecular weight is 409 g/mol. The number of hydrogen-bond acceptors (Lipinski definition) is 5. The number of nitrogens with one attached hydrogen (secondary N) is 1. The van der Waals surface area contributed by atoms with Crippen LogP contribution in [0.25, 0.3) is 0 Å². The van der Waals surface area contributed by atoms with E-state index < -0.39 is 5.97 Å². The number of hydrazone groups is 1. The fourth-order valence-electron chi connectivity index (χ4n) is 2.35. The predicted molar refractivity (Wildman–Crippen MR) is 111 cm³/mol. The Kier molecular flexibility index (Phi) is 6.60. The number of carbonyl (C=O) groups is 2. The third-order valence-corrected chi connectivity index (χ3v) is 4.15. The SMILES string of the molecule is COc1ccc(C(=O)Oc2ccc(/C=N/NC(=O)c3ccc(Cl)cc3)cc2)cc1. The lowest BCUT2D eigenvalue weighted by atomic mass is 10.2. The molecule has 0 aromatic heterocycles. The first kappa shape index (κ1) is 20.1. The van der Waals surface area contributed by atoms with Crippen LogP contribution in [0, 0.1) is 0 Å². The van der Waals surface area contributed by atoms with E-state index in [4.69, 9.17) is 21.1 Å². The molecule has 1 N–H and O–H groups in total. The van der Waals surface area contributed by atoms with Crippen molar-refractivity contribution in [2.45, 2.75) is 0 Å². The lowest BCUT2D eigenvalue weighted by Crippen LogP contribution is -2.17. The predicted octanol–water partition coefficient (Wildman–Crippen LogP) is 4.33. The lowest BCUT2D eigenvalue weighted by Gasteiger charge is -2.05. The number of ether oxygens (including phenoxy) is 2. The Balaban J connectivity index is 1.55. The van der Waals surface area contributed by atoms with E-state index in [0.29, 0.717) is 27.6 Å². The Labute approximate surface area is 172 Å². The Morgan fingerprint density at radius 1 is 0.862 bits per heavy atom. The van der Waals surface area contributed by atoms with Crippen molar-refractivity contribution < 1.29 is 19.1 Å². The summed E-state index contributed by atoms with van der Waals surface area (Å²) in [6.45, 7) is 0. The molecular formula is C22H17ClN2O4. The molecule has 0 bridgehead atoms. The van der Waals surface area contributed by atoms with Gasteiger partial charge in [-0.05, 0) is 78.4 Å². The van der Waals surface area contributed by atoms with Gasteiger partial charge in [0.2, 0.25) is 0 Å². The van der Waals surface area contributed by atoms with Crippen LogP contribution in [-0.2, 0) is 0 Å². The first-order valence-electron chi connectivity index (χ1n) is 8.60. The summed E-state index contributed by atoms with van der Waals surface area (Å²) in [5.74, 6) is 0.244. The van der Waals surface area contributed by atoms with E-state index in [9.17, 15) is 9.59 Å². The van der Waals surface area contributed by atoms with Crippen LogP contribution in [0.1, 0.15) is 26.3 Å². The molecule has 1 amide bonds. The zero-order valence-electron chi connectivity index (χ0n) is 15.5. The molecule has 6 nitrogen and oxygen atoms in total. The van der Waals surface area contributed by atoms with Crippen LogP contribution >= 0.6 is 11.6 Å². The van der Waals surface area contributed by atoms with Crippen molar-refractivity contribution in [2.24, 2.45) is 5.10 Å². The summed E-state index contributed by atoms with van der Waals surface area (Å²) in [7, 11) is 1.56. The molecule has 0 unspecified atom stereocenters. The maximum atomic E-state index is 12.2. The highest BCUT2D eigenvalue weighted by atomic mass is 35.5. The number of rotatable bonds is 6. The molecular weight excluding hydrogens is 392 g/mol. The molecule has 0 atom stereocenters. The van der Waals surface area contributed by atoms with Gasteiger partial charge in [-0.25, -0.2) is 10.2 Å². The summed E-state index contributed by atoms with van der Waals surface area (Å²) in [6, 6.07) is 19.8. The van der Waals surface area contributed by atoms with Gasteiger partial charge in [-0.1, -0.05) is 11.6 Å². The molecule has 3 rings (SSSR count). The second kappa shape index (κ2) is 9.52. The highest BCUT2D eigenvalue weighted by Crippen LogP contribution is 2.16. The fourth-order valence-corrected chi connectivity index (χ4v) is 2.47. The zero-order chi connectivity index (χ0) is 20.6. The quantitative estimate of drug-likeness (QED) is 0.285. The Hall–Kier alpha value is -3.64. The summed E-state index contributed by atoms with van der Waals surface area (Å²) in [5.41, 5.74) is 4.03. The third kappa shape index (κ3) is 5.67. The highest BCUT2D eigenvalue weighted by molar-refractivity contribution is 6.30. The zero-order valence-corrected chi connectivity index (χ0v) is 16.2. The van der Waals surface area contributed by atoms with Gasteiger partial charge < -0.3 is 9.47 Å². The van der Waals surface area contributed by atoms with Crippen molar-refractivity contribution in [1.82, 2.24) is 5.43 Å². The van der Waals surface area contributed by atoms with Gasteiger partial charge in [0.05, 0.1) is 18.9 Å². The van der Waals surface area contributed by atoms with Crippen LogP contribution in [0.5, 0.6) is 11.5 Å². The minimum atomic E-state index is -0.468. The summed E-state index contributed by atoms with van der Waals surface area (Å²) < 4.78 is 10.4. The molecule has 3 aromatic rings. The number of methoxy groups -OCH3 is 1. The molecule has 0 saturated heterocycles. The molecule has 0 spiro atoms. The summed E-state index contributed by atoms with van der Waals surface area (Å²) in [6.07, 6.45) is 1.49. The maximum absolute atomic E-state index is 12.2. The van der Waals surface area contributed by atoms with Crippen molar-refractivity contribution >= 4 is 29.7 Å². The molecule has 7 heteroatoms. The van der Waals surface area contributed by atoms with E-state index in [1.54, 1.807) is 79.9 Å². The minimum absolute atomic E-state index is 0.344. The van der Waals surface area contributed by atoms with E-state index in [2.05, 4.69) is 10.5 Å². The average Bonchev–Trinajstić information content (AvgIpc) is 2.75. The second-order valence-electron chi connectivity index (χ2n) is 5.89. The van der Waals surface area contributed by atoms with E-state index >= 15 is 0 Å². The van der Waals surface area contributed by atoms with Crippen molar-refractivity contribution in [1.29, 1.82) is 0 Å². The number of amides is 1. The first-order chi connectivity index (χ1) is 14.0. The van der Waals surface area contributed by atoms with Crippen LogP contribution in [0.3, 0.4) is 0 Å². The summed E-state index contributed by atoms with van der Waals surface area (Å²) >= 11 is 5.79. The Morgan fingerprint density at radius 2 is 1.45 bits per heavy atom. The summed E-state index contributed by atoms with van der Waals surface area (Å²) in [4.78, 5) is 24.1. The standard InChI is InChI=1S/C22H17ClN2O4/c1-28-19-12-6-17(7-13-19)22(27)29-20-10-2-15(3-11-20)14-24-25-21(26)16-4-8-18(23)9-5-16/h2-14H,1H3,(H,25,26)/b24-14+. The number of carbonyl (C=O) groups excluding carboxylic acids is 2. The van der Waals surface area contributed by atoms with E-state index in [1.165, 1.54) is 6.21 Å². The van der Waals surface area contributed by atoms with Gasteiger partial charge in [-0.15, -0.1) is 0 Å². The minimum Gasteiger partial charge on any atom is -0.497 e. The molecule has 0 aliphatic carbocycles. The fraction of sp³-hybridized carbons (Fsp3) is 0.0455. The van der Waals surface area contributed by atoms with Gasteiger partial charge in [-0.3, -0.25) is 4.79 Å². The normalized spacial score (nSPS) is 10.6. The van der Waals surface area contributed by atoms with Crippen LogP contribution in [0.2, 0.25) is 5.02 Å². The number of hydrogen-bond donors (Lipinski definition) is 1. The monoisotopic (exact) mass is 408 g/mol. The molecule has 3 aromatic carbocycles. The maximum Gasteiger partial charge on any atom is 0.343 e. The molecule has 0 radical (unpaired) electrons. The van der Waals surface area contributed by atoms with Gasteiger partial charge >= 0.3 is 5.97 Å². The second-order valence-corrected chi connectivity index (χ2v) is 6.33. The van der Waals surface area contributed by atoms with Crippen molar-refractivity contribution in [2.75, 3.05) is 7.11 Å². The topological polar surface area (TPSA) is 77.0 Å². The van der Waals surface area contributed by atoms with Crippen molar-refractivity contribution in [3.63, 3.8) is 0 Å². The van der Waals surface area contributed by atoms with Crippen LogP contribution in [-0.4, -0.2) is 25.2 Å². The summed E-state index contributed by atoms with van der Waals surface area (Å²) in [5, 5.41) is 4.47. The molecule has 0 fully saturated rings. The smallest absolute Gasteiger partial charge is 0.343 e. The lowest BCUT2D eigenvalue weighted by molar-refractivity contribution is 0.0734. The number of halogens is 1. The molecule has 29 heavy (non-hydrogen) atoms. The largest absolute Gasteiger partial charge is 0.497 e. The van der Waals surface area contributed by atoms with Gasteiger partial charge in [0.1, 0.15) is 11.5 Å². The van der Waals surface area contributed by atoms with Gasteiger partial charge in [0.25, 0.3) is 5.91 Å². The molecule has 146 valence electrons. The van der Waals surface area contributed by atoms with Crippen molar-refractivity contribution in [3.8, 4) is 11.5 Å². The van der Waals surface area contributed by atoms with Gasteiger partial charge in [0.15, 0.2) is 0 Å². The number of nitrogens with zero attached hydrogens (tertiary/aromatic N) is 1. The van der Waals surface area contributed by atoms with Gasteiger partial charge in [-0.2, -0.15) is 5.10 Å². The molecule has 0 heterocycles. The van der Waals surface area contributed by atoms with Crippen LogP contribution in [0.4, 0.5) is 0 Å². The number of benzene rings is 3. The van der Waals surface area contributed by atoms with E-state index in [-0.39, 0.29) is 5.91 Å². The van der Waals surface area contributed by atoms with Gasteiger partial charge in [0, 0.05) is 10.6 Å². The van der Waals surface area contributed by atoms with Crippen LogP contribution in [0.15, 0.2) is 77.9 Å². The third-order valence-electron chi connectivity index (χ3n) is 3.90. The van der Waals surface area contributed by atoms with Crippen molar-refractivity contribution in [3.05, 3.63) is 94.5 Å². The highest BCUT2D eigenvalue weighted by Gasteiger charge is 2.08. The van der Waals surface area contributed by atoms with E-state index in [1.807, 2.05) is 0 Å². The molecule has 0 aliphatic heterocycles. The van der Waals surface area contributed by atoms with E-state index in [0.717, 1.165) is 5.56 Å². The first-order valence-corrected chi connectivity index (χ1v) is 8.98. The molecule has 0 saturated carbocycles. The Bertz CT molecular complexity index is 1010. The van der Waals surface area contributed by atoms with Crippen LogP contribution < -0.4 is 14.9 Å². The Morgan fingerprint density at radius 3 is 2.07 bits per heavy atom. The number of esters is 1.